The standard InChI is InChI=1S/C10H20ClNO2/c1-9(2)14-8-4-3-7-12-10(13)5-6-11/h9H,3-8H2,1-2H3,(H,12,13). The highest BCUT2D eigenvalue weighted by Crippen LogP contribution is 1.93. The first-order valence-corrected chi connectivity index (χ1v) is 5.64. The van der Waals surface area contributed by atoms with E-state index >= 15 is 0 Å². The van der Waals surface area contributed by atoms with Gasteiger partial charge in [-0.3, -0.25) is 4.79 Å². The SMILES string of the molecule is CC(C)OCCCCNC(=O)CCCl. The van der Waals surface area contributed by atoms with Gasteiger partial charge in [-0.05, 0) is 26.7 Å². The van der Waals surface area contributed by atoms with E-state index in [2.05, 4.69) is 5.32 Å². The topological polar surface area (TPSA) is 38.3 Å². The van der Waals surface area contributed by atoms with Gasteiger partial charge in [-0.1, -0.05) is 0 Å². The first-order valence-electron chi connectivity index (χ1n) is 5.11. The Bertz CT molecular complexity index is 151. The monoisotopic (exact) mass is 221 g/mol. The van der Waals surface area contributed by atoms with Gasteiger partial charge in [0.25, 0.3) is 0 Å². The molecule has 0 atom stereocenters. The number of ether oxygens (including phenoxy) is 1. The number of alkyl halides is 1. The van der Waals surface area contributed by atoms with E-state index in [4.69, 9.17) is 16.3 Å². The Labute approximate surface area is 91.2 Å². The van der Waals surface area contributed by atoms with Crippen LogP contribution in [0, 0.1) is 0 Å². The maximum Gasteiger partial charge on any atom is 0.221 e. The zero-order valence-corrected chi connectivity index (χ0v) is 9.77. The fourth-order valence-electron chi connectivity index (χ4n) is 0.948. The van der Waals surface area contributed by atoms with Crippen LogP contribution in [0.1, 0.15) is 33.1 Å². The quantitative estimate of drug-likeness (QED) is 0.503. The zero-order valence-electron chi connectivity index (χ0n) is 9.01. The van der Waals surface area contributed by atoms with Gasteiger partial charge in [-0.25, -0.2) is 0 Å². The summed E-state index contributed by atoms with van der Waals surface area (Å²) >= 11 is 5.41. The second-order valence-electron chi connectivity index (χ2n) is 3.42. The molecular weight excluding hydrogens is 202 g/mol. The molecule has 0 aliphatic rings. The summed E-state index contributed by atoms with van der Waals surface area (Å²) in [7, 11) is 0. The molecule has 1 amide bonds. The highest BCUT2D eigenvalue weighted by molar-refractivity contribution is 6.18. The third-order valence-electron chi connectivity index (χ3n) is 1.67. The summed E-state index contributed by atoms with van der Waals surface area (Å²) < 4.78 is 5.36. The van der Waals surface area contributed by atoms with Crippen LogP contribution in [0.3, 0.4) is 0 Å². The molecule has 0 aromatic heterocycles. The van der Waals surface area contributed by atoms with E-state index in [0.717, 1.165) is 26.0 Å². The highest BCUT2D eigenvalue weighted by Gasteiger charge is 1.98. The Morgan fingerprint density at radius 3 is 2.71 bits per heavy atom. The molecular formula is C10H20ClNO2. The van der Waals surface area contributed by atoms with E-state index in [1.165, 1.54) is 0 Å². The second kappa shape index (κ2) is 9.28. The molecule has 0 aromatic carbocycles. The number of hydrogen-bond acceptors (Lipinski definition) is 2. The van der Waals surface area contributed by atoms with E-state index in [1.807, 2.05) is 13.8 Å². The summed E-state index contributed by atoms with van der Waals surface area (Å²) in [4.78, 5) is 11.0. The maximum atomic E-state index is 11.0. The van der Waals surface area contributed by atoms with Crippen molar-refractivity contribution < 1.29 is 9.53 Å². The molecule has 0 aromatic rings. The third kappa shape index (κ3) is 9.81. The third-order valence-corrected chi connectivity index (χ3v) is 1.86. The average Bonchev–Trinajstić information content (AvgIpc) is 2.11. The molecule has 0 aliphatic heterocycles. The van der Waals surface area contributed by atoms with Gasteiger partial charge >= 0.3 is 0 Å². The van der Waals surface area contributed by atoms with Crippen molar-refractivity contribution in [2.24, 2.45) is 0 Å². The van der Waals surface area contributed by atoms with Crippen LogP contribution in [0.5, 0.6) is 0 Å². The van der Waals surface area contributed by atoms with E-state index < -0.39 is 0 Å². The van der Waals surface area contributed by atoms with Crippen molar-refractivity contribution in [3.63, 3.8) is 0 Å². The molecule has 4 heteroatoms. The van der Waals surface area contributed by atoms with Gasteiger partial charge in [0.1, 0.15) is 0 Å². The molecule has 0 radical (unpaired) electrons. The number of amides is 1. The molecule has 0 rings (SSSR count). The summed E-state index contributed by atoms with van der Waals surface area (Å²) in [5, 5.41) is 2.79. The van der Waals surface area contributed by atoms with Gasteiger partial charge in [-0.2, -0.15) is 0 Å². The smallest absolute Gasteiger partial charge is 0.221 e. The van der Waals surface area contributed by atoms with Gasteiger partial charge in [0.2, 0.25) is 5.91 Å². The van der Waals surface area contributed by atoms with Gasteiger partial charge in [0.05, 0.1) is 6.10 Å². The van der Waals surface area contributed by atoms with Crippen molar-refractivity contribution in [3.8, 4) is 0 Å². The van der Waals surface area contributed by atoms with E-state index in [1.54, 1.807) is 0 Å². The molecule has 0 saturated heterocycles. The van der Waals surface area contributed by atoms with Crippen molar-refractivity contribution in [1.82, 2.24) is 5.32 Å². The number of rotatable bonds is 8. The molecule has 0 bridgehead atoms. The lowest BCUT2D eigenvalue weighted by atomic mass is 10.3. The van der Waals surface area contributed by atoms with Crippen molar-refractivity contribution in [2.75, 3.05) is 19.0 Å². The van der Waals surface area contributed by atoms with Crippen molar-refractivity contribution in [3.05, 3.63) is 0 Å². The summed E-state index contributed by atoms with van der Waals surface area (Å²) in [5.41, 5.74) is 0. The normalized spacial score (nSPS) is 10.6. The first-order chi connectivity index (χ1) is 6.66. The van der Waals surface area contributed by atoms with Crippen LogP contribution in [-0.2, 0) is 9.53 Å². The number of carbonyl (C=O) groups is 1. The van der Waals surface area contributed by atoms with Gasteiger partial charge in [-0.15, -0.1) is 11.6 Å². The Hall–Kier alpha value is -0.280. The predicted molar refractivity (Wildman–Crippen MR) is 58.7 cm³/mol. The molecule has 1 N–H and O–H groups in total. The molecule has 0 saturated carbocycles. The molecule has 0 aliphatic carbocycles. The first kappa shape index (κ1) is 13.7. The van der Waals surface area contributed by atoms with Crippen LogP contribution < -0.4 is 5.32 Å². The van der Waals surface area contributed by atoms with Gasteiger partial charge in [0, 0.05) is 25.5 Å². The highest BCUT2D eigenvalue weighted by atomic mass is 35.5. The van der Waals surface area contributed by atoms with Crippen LogP contribution >= 0.6 is 11.6 Å². The Morgan fingerprint density at radius 2 is 2.14 bits per heavy atom. The van der Waals surface area contributed by atoms with Crippen LogP contribution in [0.25, 0.3) is 0 Å². The minimum atomic E-state index is 0.0322. The maximum absolute atomic E-state index is 11.0. The average molecular weight is 222 g/mol. The second-order valence-corrected chi connectivity index (χ2v) is 3.79. The summed E-state index contributed by atoms with van der Waals surface area (Å²) in [5.74, 6) is 0.423. The van der Waals surface area contributed by atoms with Gasteiger partial charge < -0.3 is 10.1 Å². The Morgan fingerprint density at radius 1 is 1.43 bits per heavy atom. The lowest BCUT2D eigenvalue weighted by Crippen LogP contribution is -2.24. The lowest BCUT2D eigenvalue weighted by molar-refractivity contribution is -0.120. The number of halogens is 1. The van der Waals surface area contributed by atoms with Crippen molar-refractivity contribution in [1.29, 1.82) is 0 Å². The molecule has 84 valence electrons. The predicted octanol–water partition coefficient (Wildman–Crippen LogP) is 1.94. The van der Waals surface area contributed by atoms with Crippen molar-refractivity contribution >= 4 is 17.5 Å². The Balaban J connectivity index is 3.09. The fraction of sp³-hybridized carbons (Fsp3) is 0.900. The number of unbranched alkanes of at least 4 members (excludes halogenated alkanes) is 1. The summed E-state index contributed by atoms with van der Waals surface area (Å²) in [6.45, 7) is 5.52. The van der Waals surface area contributed by atoms with E-state index in [0.29, 0.717) is 18.4 Å². The van der Waals surface area contributed by atoms with Crippen LogP contribution in [0.2, 0.25) is 0 Å². The van der Waals surface area contributed by atoms with E-state index in [-0.39, 0.29) is 5.91 Å². The number of nitrogens with one attached hydrogen (secondary N) is 1. The largest absolute Gasteiger partial charge is 0.379 e. The van der Waals surface area contributed by atoms with Crippen molar-refractivity contribution in [2.45, 2.75) is 39.2 Å². The van der Waals surface area contributed by atoms with E-state index in [9.17, 15) is 4.79 Å². The molecule has 0 fully saturated rings. The molecule has 0 heterocycles. The van der Waals surface area contributed by atoms with Crippen LogP contribution in [-0.4, -0.2) is 31.0 Å². The molecule has 0 spiro atoms. The van der Waals surface area contributed by atoms with Crippen LogP contribution in [0.15, 0.2) is 0 Å². The van der Waals surface area contributed by atoms with Gasteiger partial charge in [0.15, 0.2) is 0 Å². The minimum Gasteiger partial charge on any atom is -0.379 e. The lowest BCUT2D eigenvalue weighted by Gasteiger charge is -2.07. The van der Waals surface area contributed by atoms with Crippen LogP contribution in [0.4, 0.5) is 0 Å². The summed E-state index contributed by atoms with van der Waals surface area (Å²) in [6.07, 6.45) is 2.64. The molecule has 3 nitrogen and oxygen atoms in total. The summed E-state index contributed by atoms with van der Waals surface area (Å²) in [6, 6.07) is 0. The Kier molecular flexibility index (Phi) is 9.10. The number of carbonyl (C=O) groups excluding carboxylic acids is 1. The number of hydrogen-bond donors (Lipinski definition) is 1. The zero-order chi connectivity index (χ0) is 10.8. The minimum absolute atomic E-state index is 0.0322. The molecule has 14 heavy (non-hydrogen) atoms. The fourth-order valence-corrected chi connectivity index (χ4v) is 1.12. The molecule has 0 unspecified atom stereocenters.